The maximum absolute atomic E-state index is 12.5. The molecule has 2 amide bonds. The van der Waals surface area contributed by atoms with Crippen LogP contribution in [0.4, 0.5) is 0 Å². The highest BCUT2D eigenvalue weighted by Gasteiger charge is 2.11. The summed E-state index contributed by atoms with van der Waals surface area (Å²) in [4.78, 5) is 24.8. The number of nitrogens with one attached hydrogen (secondary N) is 2. The van der Waals surface area contributed by atoms with Gasteiger partial charge in [0.15, 0.2) is 0 Å². The molecule has 0 radical (unpaired) electrons. The monoisotopic (exact) mass is 378 g/mol. The number of hydrogen-bond acceptors (Lipinski definition) is 3. The SMILES string of the molecule is CCCCNC(=O)/C(=C\c1ccc(OC)cc1)NC(=O)/C=C/c1ccccc1. The molecule has 0 aromatic heterocycles. The van der Waals surface area contributed by atoms with E-state index < -0.39 is 0 Å². The Bertz CT molecular complexity index is 825. The van der Waals surface area contributed by atoms with E-state index in [0.29, 0.717) is 6.54 Å². The van der Waals surface area contributed by atoms with Crippen molar-refractivity contribution in [2.75, 3.05) is 13.7 Å². The number of amides is 2. The molecule has 28 heavy (non-hydrogen) atoms. The molecule has 146 valence electrons. The molecular formula is C23H26N2O3. The van der Waals surface area contributed by atoms with Crippen LogP contribution in [0.15, 0.2) is 66.4 Å². The lowest BCUT2D eigenvalue weighted by Gasteiger charge is -2.10. The Morgan fingerprint density at radius 3 is 2.36 bits per heavy atom. The van der Waals surface area contributed by atoms with Crippen LogP contribution < -0.4 is 15.4 Å². The fourth-order valence-electron chi connectivity index (χ4n) is 2.41. The van der Waals surface area contributed by atoms with Gasteiger partial charge >= 0.3 is 0 Å². The minimum atomic E-state index is -0.366. The molecule has 2 aromatic rings. The van der Waals surface area contributed by atoms with Crippen LogP contribution in [0.25, 0.3) is 12.2 Å². The Morgan fingerprint density at radius 2 is 1.71 bits per heavy atom. The molecule has 0 fully saturated rings. The van der Waals surface area contributed by atoms with Gasteiger partial charge in [-0.25, -0.2) is 0 Å². The van der Waals surface area contributed by atoms with E-state index in [9.17, 15) is 9.59 Å². The predicted octanol–water partition coefficient (Wildman–Crippen LogP) is 3.78. The van der Waals surface area contributed by atoms with E-state index in [-0.39, 0.29) is 17.5 Å². The van der Waals surface area contributed by atoms with E-state index in [4.69, 9.17) is 4.74 Å². The quantitative estimate of drug-likeness (QED) is 0.515. The van der Waals surface area contributed by atoms with Crippen molar-refractivity contribution in [3.05, 3.63) is 77.5 Å². The van der Waals surface area contributed by atoms with E-state index in [1.54, 1.807) is 31.4 Å². The number of carbonyl (C=O) groups is 2. The highest BCUT2D eigenvalue weighted by atomic mass is 16.5. The van der Waals surface area contributed by atoms with Gasteiger partial charge in [-0.3, -0.25) is 9.59 Å². The maximum Gasteiger partial charge on any atom is 0.267 e. The van der Waals surface area contributed by atoms with Gasteiger partial charge in [0.1, 0.15) is 11.4 Å². The van der Waals surface area contributed by atoms with Gasteiger partial charge in [0.2, 0.25) is 5.91 Å². The highest BCUT2D eigenvalue weighted by molar-refractivity contribution is 6.04. The Morgan fingerprint density at radius 1 is 1.00 bits per heavy atom. The molecule has 5 heteroatoms. The first-order valence-electron chi connectivity index (χ1n) is 9.30. The van der Waals surface area contributed by atoms with Crippen LogP contribution in [0.1, 0.15) is 30.9 Å². The molecule has 0 aliphatic heterocycles. The fraction of sp³-hybridized carbons (Fsp3) is 0.217. The first-order chi connectivity index (χ1) is 13.6. The van der Waals surface area contributed by atoms with E-state index >= 15 is 0 Å². The molecule has 0 saturated heterocycles. The molecule has 0 aliphatic rings. The molecule has 0 bridgehead atoms. The van der Waals surface area contributed by atoms with E-state index in [0.717, 1.165) is 29.7 Å². The lowest BCUT2D eigenvalue weighted by atomic mass is 10.1. The first-order valence-corrected chi connectivity index (χ1v) is 9.30. The number of rotatable bonds is 9. The van der Waals surface area contributed by atoms with Crippen molar-refractivity contribution >= 4 is 24.0 Å². The molecule has 2 rings (SSSR count). The summed E-state index contributed by atoms with van der Waals surface area (Å²) in [5, 5.41) is 5.52. The summed E-state index contributed by atoms with van der Waals surface area (Å²) < 4.78 is 5.15. The molecule has 0 unspecified atom stereocenters. The van der Waals surface area contributed by atoms with Crippen LogP contribution in [0, 0.1) is 0 Å². The fourth-order valence-corrected chi connectivity index (χ4v) is 2.41. The molecule has 0 aliphatic carbocycles. The first kappa shape index (κ1) is 21.0. The normalized spacial score (nSPS) is 11.3. The van der Waals surface area contributed by atoms with Gasteiger partial charge in [-0.2, -0.15) is 0 Å². The summed E-state index contributed by atoms with van der Waals surface area (Å²) in [5.41, 5.74) is 1.89. The van der Waals surface area contributed by atoms with Crippen LogP contribution in [0.2, 0.25) is 0 Å². The van der Waals surface area contributed by atoms with Gasteiger partial charge in [-0.1, -0.05) is 55.8 Å². The Kier molecular flexibility index (Phi) is 8.53. The van der Waals surface area contributed by atoms with E-state index in [1.165, 1.54) is 6.08 Å². The van der Waals surface area contributed by atoms with Gasteiger partial charge in [-0.15, -0.1) is 0 Å². The number of unbranched alkanes of at least 4 members (excludes halogenated alkanes) is 1. The smallest absolute Gasteiger partial charge is 0.267 e. The number of ether oxygens (including phenoxy) is 1. The second-order valence-electron chi connectivity index (χ2n) is 6.17. The molecule has 2 aromatic carbocycles. The van der Waals surface area contributed by atoms with Crippen molar-refractivity contribution in [3.8, 4) is 5.75 Å². The topological polar surface area (TPSA) is 67.4 Å². The van der Waals surface area contributed by atoms with Crippen molar-refractivity contribution in [2.24, 2.45) is 0 Å². The number of carbonyl (C=O) groups excluding carboxylic acids is 2. The molecule has 0 spiro atoms. The Hall–Kier alpha value is -3.34. The van der Waals surface area contributed by atoms with Gasteiger partial charge in [0.05, 0.1) is 7.11 Å². The summed E-state index contributed by atoms with van der Waals surface area (Å²) in [5.74, 6) is 0.0425. The Balaban J connectivity index is 2.14. The zero-order valence-corrected chi connectivity index (χ0v) is 16.3. The summed E-state index contributed by atoms with van der Waals surface area (Å²) in [6.07, 6.45) is 6.62. The summed E-state index contributed by atoms with van der Waals surface area (Å²) in [6.45, 7) is 2.61. The van der Waals surface area contributed by atoms with Gasteiger partial charge in [-0.05, 0) is 41.8 Å². The maximum atomic E-state index is 12.5. The average Bonchev–Trinajstić information content (AvgIpc) is 2.73. The van der Waals surface area contributed by atoms with E-state index in [2.05, 4.69) is 17.6 Å². The van der Waals surface area contributed by atoms with Crippen molar-refractivity contribution in [3.63, 3.8) is 0 Å². The zero-order valence-electron chi connectivity index (χ0n) is 16.3. The number of hydrogen-bond donors (Lipinski definition) is 2. The van der Waals surface area contributed by atoms with Gasteiger partial charge in [0.25, 0.3) is 5.91 Å². The zero-order chi connectivity index (χ0) is 20.2. The largest absolute Gasteiger partial charge is 0.497 e. The number of benzene rings is 2. The van der Waals surface area contributed by atoms with Crippen LogP contribution >= 0.6 is 0 Å². The van der Waals surface area contributed by atoms with E-state index in [1.807, 2.05) is 42.5 Å². The van der Waals surface area contributed by atoms with Gasteiger partial charge < -0.3 is 15.4 Å². The Labute approximate surface area is 166 Å². The summed E-state index contributed by atoms with van der Waals surface area (Å²) >= 11 is 0. The lowest BCUT2D eigenvalue weighted by molar-refractivity contribution is -0.121. The average molecular weight is 378 g/mol. The van der Waals surface area contributed by atoms with Crippen molar-refractivity contribution in [1.29, 1.82) is 0 Å². The standard InChI is InChI=1S/C23H26N2O3/c1-3-4-16-24-23(27)21(17-19-10-13-20(28-2)14-11-19)25-22(26)15-12-18-8-6-5-7-9-18/h5-15,17H,3-4,16H2,1-2H3,(H,24,27)(H,25,26)/b15-12+,21-17+. The molecule has 0 heterocycles. The molecule has 0 atom stereocenters. The minimum absolute atomic E-state index is 0.198. The third-order valence-electron chi connectivity index (χ3n) is 3.97. The van der Waals surface area contributed by atoms with Crippen molar-refractivity contribution in [1.82, 2.24) is 10.6 Å². The minimum Gasteiger partial charge on any atom is -0.497 e. The van der Waals surface area contributed by atoms with Gasteiger partial charge in [0, 0.05) is 12.6 Å². The highest BCUT2D eigenvalue weighted by Crippen LogP contribution is 2.13. The number of methoxy groups -OCH3 is 1. The second-order valence-corrected chi connectivity index (χ2v) is 6.17. The molecule has 2 N–H and O–H groups in total. The van der Waals surface area contributed by atoms with Crippen molar-refractivity contribution in [2.45, 2.75) is 19.8 Å². The second kappa shape index (κ2) is 11.4. The van der Waals surface area contributed by atoms with Crippen LogP contribution in [0.3, 0.4) is 0 Å². The molecule has 5 nitrogen and oxygen atoms in total. The third-order valence-corrected chi connectivity index (χ3v) is 3.97. The molecular weight excluding hydrogens is 352 g/mol. The van der Waals surface area contributed by atoms with Crippen LogP contribution in [-0.4, -0.2) is 25.5 Å². The predicted molar refractivity (Wildman–Crippen MR) is 113 cm³/mol. The lowest BCUT2D eigenvalue weighted by Crippen LogP contribution is -2.34. The van der Waals surface area contributed by atoms with Crippen LogP contribution in [-0.2, 0) is 9.59 Å². The molecule has 0 saturated carbocycles. The summed E-state index contributed by atoms with van der Waals surface area (Å²) in [7, 11) is 1.59. The summed E-state index contributed by atoms with van der Waals surface area (Å²) in [6, 6.07) is 16.7. The van der Waals surface area contributed by atoms with Crippen LogP contribution in [0.5, 0.6) is 5.75 Å². The van der Waals surface area contributed by atoms with Crippen molar-refractivity contribution < 1.29 is 14.3 Å². The third kappa shape index (κ3) is 7.11.